The molecule has 2 aromatic rings. The first kappa shape index (κ1) is 11.8. The zero-order chi connectivity index (χ0) is 12.3. The monoisotopic (exact) mass is 255 g/mol. The van der Waals surface area contributed by atoms with Crippen molar-refractivity contribution < 1.29 is 13.5 Å². The van der Waals surface area contributed by atoms with Crippen molar-refractivity contribution in [1.29, 1.82) is 0 Å². The van der Waals surface area contributed by atoms with Crippen molar-refractivity contribution in [1.82, 2.24) is 4.98 Å². The maximum atomic E-state index is 13.3. The van der Waals surface area contributed by atoms with Crippen molar-refractivity contribution in [3.8, 4) is 5.75 Å². The molecule has 0 spiro atoms. The molecule has 5 heteroatoms. The largest absolute Gasteiger partial charge is 0.486 e. The van der Waals surface area contributed by atoms with Gasteiger partial charge in [-0.05, 0) is 18.2 Å². The zero-order valence-electron chi connectivity index (χ0n) is 8.66. The third-order valence-electron chi connectivity index (χ3n) is 2.14. The van der Waals surface area contributed by atoms with Gasteiger partial charge in [-0.25, -0.2) is 9.37 Å². The predicted octanol–water partition coefficient (Wildman–Crippen LogP) is 3.59. The lowest BCUT2D eigenvalue weighted by molar-refractivity contribution is 0.284. The van der Waals surface area contributed by atoms with Crippen LogP contribution >= 0.6 is 11.6 Å². The summed E-state index contributed by atoms with van der Waals surface area (Å²) in [6.45, 7) is 0.0348. The van der Waals surface area contributed by atoms with E-state index in [1.54, 1.807) is 12.1 Å². The van der Waals surface area contributed by atoms with Gasteiger partial charge in [0.25, 0.3) is 0 Å². The van der Waals surface area contributed by atoms with Crippen LogP contribution in [0.4, 0.5) is 8.78 Å². The first-order valence-electron chi connectivity index (χ1n) is 4.84. The zero-order valence-corrected chi connectivity index (χ0v) is 9.42. The van der Waals surface area contributed by atoms with Crippen LogP contribution in [0.3, 0.4) is 0 Å². The van der Waals surface area contributed by atoms with E-state index in [1.807, 2.05) is 0 Å². The molecule has 0 N–H and O–H groups in total. The second-order valence-electron chi connectivity index (χ2n) is 3.29. The number of hydrogen-bond donors (Lipinski definition) is 0. The number of benzene rings is 1. The fraction of sp³-hybridized carbons (Fsp3) is 0.0833. The number of halogens is 3. The molecule has 0 fully saturated rings. The van der Waals surface area contributed by atoms with Crippen molar-refractivity contribution in [2.24, 2.45) is 0 Å². The summed E-state index contributed by atoms with van der Waals surface area (Å²) in [6, 6.07) is 7.14. The van der Waals surface area contributed by atoms with Crippen molar-refractivity contribution in [2.45, 2.75) is 6.61 Å². The van der Waals surface area contributed by atoms with E-state index in [9.17, 15) is 8.78 Å². The summed E-state index contributed by atoms with van der Waals surface area (Å²) in [5, 5.41) is 0.282. The second kappa shape index (κ2) is 5.10. The lowest BCUT2D eigenvalue weighted by atomic mass is 10.3. The van der Waals surface area contributed by atoms with Crippen LogP contribution in [0, 0.1) is 11.6 Å². The number of rotatable bonds is 3. The summed E-state index contributed by atoms with van der Waals surface area (Å²) in [7, 11) is 0. The van der Waals surface area contributed by atoms with E-state index in [1.165, 1.54) is 18.3 Å². The predicted molar refractivity (Wildman–Crippen MR) is 59.9 cm³/mol. The first-order valence-corrected chi connectivity index (χ1v) is 5.22. The Morgan fingerprint density at radius 3 is 2.76 bits per heavy atom. The first-order chi connectivity index (χ1) is 8.18. The molecule has 88 valence electrons. The topological polar surface area (TPSA) is 22.1 Å². The van der Waals surface area contributed by atoms with Crippen LogP contribution in [0.5, 0.6) is 5.75 Å². The minimum atomic E-state index is -1.01. The summed E-state index contributed by atoms with van der Waals surface area (Å²) in [6.07, 6.45) is 1.54. The average molecular weight is 256 g/mol. The third-order valence-corrected chi connectivity index (χ3v) is 2.48. The van der Waals surface area contributed by atoms with E-state index in [-0.39, 0.29) is 17.5 Å². The standard InChI is InChI=1S/C12H8ClF2NO/c13-12-8(3-2-6-16-12)7-17-10-5-1-4-9(14)11(10)15/h1-6H,7H2. The maximum absolute atomic E-state index is 13.3. The van der Waals surface area contributed by atoms with Gasteiger partial charge < -0.3 is 4.74 Å². The molecule has 0 aliphatic rings. The average Bonchev–Trinajstić information content (AvgIpc) is 2.33. The van der Waals surface area contributed by atoms with Gasteiger partial charge in [0.2, 0.25) is 5.82 Å². The highest BCUT2D eigenvalue weighted by Crippen LogP contribution is 2.21. The van der Waals surface area contributed by atoms with Crippen molar-refractivity contribution in [2.75, 3.05) is 0 Å². The van der Waals surface area contributed by atoms with Crippen molar-refractivity contribution in [3.63, 3.8) is 0 Å². The molecule has 2 rings (SSSR count). The Kier molecular flexibility index (Phi) is 3.54. The Hall–Kier alpha value is -1.68. The Labute approximate surface area is 102 Å². The van der Waals surface area contributed by atoms with Gasteiger partial charge in [-0.3, -0.25) is 0 Å². The molecule has 1 aromatic carbocycles. The summed E-state index contributed by atoms with van der Waals surface area (Å²) in [5.41, 5.74) is 0.609. The molecule has 0 bridgehead atoms. The molecule has 1 aromatic heterocycles. The Balaban J connectivity index is 2.13. The van der Waals surface area contributed by atoms with Gasteiger partial charge in [0.1, 0.15) is 11.8 Å². The molecule has 0 saturated carbocycles. The Bertz CT molecular complexity index is 534. The maximum Gasteiger partial charge on any atom is 0.200 e. The molecule has 0 atom stereocenters. The van der Waals surface area contributed by atoms with Crippen LogP contribution in [0.15, 0.2) is 36.5 Å². The molecule has 0 saturated heterocycles. The molecular weight excluding hydrogens is 248 g/mol. The molecule has 0 aliphatic heterocycles. The van der Waals surface area contributed by atoms with Crippen LogP contribution in [-0.4, -0.2) is 4.98 Å². The third kappa shape index (κ3) is 2.71. The van der Waals surface area contributed by atoms with Gasteiger partial charge >= 0.3 is 0 Å². The quantitative estimate of drug-likeness (QED) is 0.782. The fourth-order valence-electron chi connectivity index (χ4n) is 1.28. The van der Waals surface area contributed by atoms with E-state index in [2.05, 4.69) is 4.98 Å². The van der Waals surface area contributed by atoms with Gasteiger partial charge in [0.05, 0.1) is 0 Å². The minimum Gasteiger partial charge on any atom is -0.486 e. The summed E-state index contributed by atoms with van der Waals surface area (Å²) in [5.74, 6) is -2.10. The highest BCUT2D eigenvalue weighted by atomic mass is 35.5. The molecule has 0 unspecified atom stereocenters. The summed E-state index contributed by atoms with van der Waals surface area (Å²) < 4.78 is 31.3. The summed E-state index contributed by atoms with van der Waals surface area (Å²) >= 11 is 5.80. The smallest absolute Gasteiger partial charge is 0.200 e. The van der Waals surface area contributed by atoms with Gasteiger partial charge in [-0.2, -0.15) is 4.39 Å². The van der Waals surface area contributed by atoms with E-state index < -0.39 is 11.6 Å². The van der Waals surface area contributed by atoms with Crippen LogP contribution < -0.4 is 4.74 Å². The normalized spacial score (nSPS) is 10.3. The molecule has 0 radical (unpaired) electrons. The van der Waals surface area contributed by atoms with E-state index in [0.29, 0.717) is 5.56 Å². The molecule has 0 aliphatic carbocycles. The second-order valence-corrected chi connectivity index (χ2v) is 3.65. The van der Waals surface area contributed by atoms with Gasteiger partial charge in [-0.1, -0.05) is 23.7 Å². The van der Waals surface area contributed by atoms with Crippen LogP contribution in [0.1, 0.15) is 5.56 Å². The van der Waals surface area contributed by atoms with Crippen LogP contribution in [0.25, 0.3) is 0 Å². The number of hydrogen-bond acceptors (Lipinski definition) is 2. The van der Waals surface area contributed by atoms with Crippen LogP contribution in [0.2, 0.25) is 5.15 Å². The Morgan fingerprint density at radius 1 is 1.18 bits per heavy atom. The molecule has 0 amide bonds. The highest BCUT2D eigenvalue weighted by Gasteiger charge is 2.09. The number of pyridine rings is 1. The molecular formula is C12H8ClF2NO. The van der Waals surface area contributed by atoms with Crippen LogP contribution in [-0.2, 0) is 6.61 Å². The van der Waals surface area contributed by atoms with Crippen molar-refractivity contribution in [3.05, 3.63) is 58.9 Å². The minimum absolute atomic E-state index is 0.0348. The van der Waals surface area contributed by atoms with Gasteiger partial charge in [0.15, 0.2) is 11.6 Å². The number of aromatic nitrogens is 1. The van der Waals surface area contributed by atoms with E-state index >= 15 is 0 Å². The lowest BCUT2D eigenvalue weighted by Gasteiger charge is -2.08. The van der Waals surface area contributed by atoms with Crippen molar-refractivity contribution >= 4 is 11.6 Å². The van der Waals surface area contributed by atoms with E-state index in [4.69, 9.17) is 16.3 Å². The molecule has 1 heterocycles. The highest BCUT2D eigenvalue weighted by molar-refractivity contribution is 6.30. The summed E-state index contributed by atoms with van der Waals surface area (Å²) in [4.78, 5) is 3.85. The molecule has 2 nitrogen and oxygen atoms in total. The van der Waals surface area contributed by atoms with Gasteiger partial charge in [0, 0.05) is 11.8 Å². The lowest BCUT2D eigenvalue weighted by Crippen LogP contribution is -2.00. The van der Waals surface area contributed by atoms with Gasteiger partial charge in [-0.15, -0.1) is 0 Å². The Morgan fingerprint density at radius 2 is 2.00 bits per heavy atom. The number of ether oxygens (including phenoxy) is 1. The number of nitrogens with zero attached hydrogens (tertiary/aromatic N) is 1. The fourth-order valence-corrected chi connectivity index (χ4v) is 1.45. The van der Waals surface area contributed by atoms with E-state index in [0.717, 1.165) is 6.07 Å². The SMILES string of the molecule is Fc1cccc(OCc2cccnc2Cl)c1F. The molecule has 17 heavy (non-hydrogen) atoms.